The van der Waals surface area contributed by atoms with Crippen molar-refractivity contribution in [2.45, 2.75) is 45.3 Å². The molecule has 0 bridgehead atoms. The molecule has 2 aliphatic heterocycles. The molecule has 1 aromatic carbocycles. The van der Waals surface area contributed by atoms with Gasteiger partial charge in [0.2, 0.25) is 0 Å². The Labute approximate surface area is 152 Å². The minimum Gasteiger partial charge on any atom is -0.484 e. The summed E-state index contributed by atoms with van der Waals surface area (Å²) in [6.45, 7) is 5.84. The zero-order chi connectivity index (χ0) is 18.3. The molecule has 1 fully saturated rings. The van der Waals surface area contributed by atoms with Crippen LogP contribution in [0.25, 0.3) is 0 Å². The Morgan fingerprint density at radius 2 is 2.15 bits per heavy atom. The zero-order valence-corrected chi connectivity index (χ0v) is 15.2. The average Bonchev–Trinajstić information content (AvgIpc) is 3.19. The number of hydrogen-bond acceptors (Lipinski definition) is 4. The first-order valence-corrected chi connectivity index (χ1v) is 9.16. The number of rotatable bonds is 3. The number of hydrogen-bond donors (Lipinski definition) is 0. The fourth-order valence-corrected chi connectivity index (χ4v) is 3.95. The number of carbonyl (C=O) groups is 2. The smallest absolute Gasteiger partial charge is 0.257 e. The fourth-order valence-electron chi connectivity index (χ4n) is 3.95. The second-order valence-corrected chi connectivity index (χ2v) is 7.22. The van der Waals surface area contributed by atoms with E-state index in [9.17, 15) is 9.59 Å². The molecule has 4 rings (SSSR count). The van der Waals surface area contributed by atoms with Crippen LogP contribution in [-0.4, -0.2) is 45.1 Å². The molecular formula is C20H23N3O3. The van der Waals surface area contributed by atoms with E-state index < -0.39 is 5.60 Å². The molecular weight excluding hydrogens is 330 g/mol. The summed E-state index contributed by atoms with van der Waals surface area (Å²) in [5.41, 5.74) is 1.57. The van der Waals surface area contributed by atoms with Gasteiger partial charge in [0.25, 0.3) is 5.91 Å². The van der Waals surface area contributed by atoms with Crippen molar-refractivity contribution in [3.05, 3.63) is 47.3 Å². The molecule has 0 radical (unpaired) electrons. The van der Waals surface area contributed by atoms with Gasteiger partial charge < -0.3 is 9.64 Å². The predicted molar refractivity (Wildman–Crippen MR) is 96.5 cm³/mol. The summed E-state index contributed by atoms with van der Waals surface area (Å²) < 4.78 is 8.08. The monoisotopic (exact) mass is 353 g/mol. The molecule has 6 nitrogen and oxygen atoms in total. The Morgan fingerprint density at radius 1 is 1.35 bits per heavy atom. The van der Waals surface area contributed by atoms with Crippen LogP contribution in [0, 0.1) is 6.92 Å². The van der Waals surface area contributed by atoms with Crippen LogP contribution in [-0.2, 0) is 6.54 Å². The zero-order valence-electron chi connectivity index (χ0n) is 15.2. The maximum atomic E-state index is 13.0. The molecule has 0 unspecified atom stereocenters. The highest BCUT2D eigenvalue weighted by Crippen LogP contribution is 2.39. The van der Waals surface area contributed by atoms with E-state index in [4.69, 9.17) is 4.74 Å². The number of amides is 1. The van der Waals surface area contributed by atoms with Gasteiger partial charge in [0, 0.05) is 25.2 Å². The number of benzene rings is 1. The molecule has 136 valence electrons. The minimum atomic E-state index is -0.603. The molecule has 1 saturated heterocycles. The third-order valence-corrected chi connectivity index (χ3v) is 5.37. The quantitative estimate of drug-likeness (QED) is 0.851. The number of aromatic nitrogens is 2. The Balaban J connectivity index is 1.54. The second-order valence-electron chi connectivity index (χ2n) is 7.22. The number of Topliss-reactive ketones (excluding diaryl/α,β-unsaturated/α-hetero) is 1. The number of fused-ring (bicyclic) bond motifs is 1. The molecule has 0 aliphatic carbocycles. The molecule has 26 heavy (non-hydrogen) atoms. The lowest BCUT2D eigenvalue weighted by molar-refractivity contribution is 0.0428. The lowest BCUT2D eigenvalue weighted by Crippen LogP contribution is -2.45. The van der Waals surface area contributed by atoms with E-state index >= 15 is 0 Å². The molecule has 0 saturated carbocycles. The van der Waals surface area contributed by atoms with Gasteiger partial charge in [-0.15, -0.1) is 0 Å². The van der Waals surface area contributed by atoms with Gasteiger partial charge in [-0.3, -0.25) is 14.3 Å². The summed E-state index contributed by atoms with van der Waals surface area (Å²) in [4.78, 5) is 27.3. The third kappa shape index (κ3) is 2.69. The van der Waals surface area contributed by atoms with Crippen LogP contribution in [0.1, 0.15) is 52.6 Å². The van der Waals surface area contributed by atoms with Crippen LogP contribution < -0.4 is 4.74 Å². The first-order chi connectivity index (χ1) is 12.5. The molecule has 1 spiro atoms. The van der Waals surface area contributed by atoms with Crippen LogP contribution in [0.15, 0.2) is 30.5 Å². The standard InChI is InChI=1S/C20H23N3O3/c1-3-9-23-14(2)16(12-21-23)19(25)22-10-8-20(13-22)11-17(24)15-6-4-5-7-18(15)26-20/h4-7,12H,3,8-11,13H2,1-2H3/t20-/m0/s1. The summed E-state index contributed by atoms with van der Waals surface area (Å²) in [6, 6.07) is 7.35. The molecule has 1 amide bonds. The van der Waals surface area contributed by atoms with Crippen molar-refractivity contribution in [1.29, 1.82) is 0 Å². The van der Waals surface area contributed by atoms with Crippen molar-refractivity contribution in [2.75, 3.05) is 13.1 Å². The van der Waals surface area contributed by atoms with Gasteiger partial charge in [-0.1, -0.05) is 19.1 Å². The number of carbonyl (C=O) groups excluding carboxylic acids is 2. The maximum absolute atomic E-state index is 13.0. The van der Waals surface area contributed by atoms with Gasteiger partial charge in [0.1, 0.15) is 11.4 Å². The van der Waals surface area contributed by atoms with Crippen LogP contribution in [0.4, 0.5) is 0 Å². The molecule has 2 aliphatic rings. The van der Waals surface area contributed by atoms with Crippen LogP contribution in [0.2, 0.25) is 0 Å². The van der Waals surface area contributed by atoms with E-state index in [1.54, 1.807) is 17.2 Å². The van der Waals surface area contributed by atoms with Crippen molar-refractivity contribution in [3.63, 3.8) is 0 Å². The van der Waals surface area contributed by atoms with E-state index in [1.165, 1.54) is 0 Å². The largest absolute Gasteiger partial charge is 0.484 e. The first kappa shape index (κ1) is 16.8. The van der Waals surface area contributed by atoms with Gasteiger partial charge in [-0.25, -0.2) is 0 Å². The van der Waals surface area contributed by atoms with E-state index in [-0.39, 0.29) is 11.7 Å². The molecule has 6 heteroatoms. The number of ketones is 1. The number of para-hydroxylation sites is 1. The van der Waals surface area contributed by atoms with Gasteiger partial charge >= 0.3 is 0 Å². The summed E-state index contributed by atoms with van der Waals surface area (Å²) in [5.74, 6) is 0.690. The lowest BCUT2D eigenvalue weighted by atomic mass is 9.89. The van der Waals surface area contributed by atoms with Gasteiger partial charge in [-0.2, -0.15) is 5.10 Å². The molecule has 2 aromatic rings. The van der Waals surface area contributed by atoms with Crippen LogP contribution in [0.5, 0.6) is 5.75 Å². The summed E-state index contributed by atoms with van der Waals surface area (Å²) in [7, 11) is 0. The fraction of sp³-hybridized carbons (Fsp3) is 0.450. The van der Waals surface area contributed by atoms with Gasteiger partial charge in [-0.05, 0) is 25.5 Å². The molecule has 0 N–H and O–H groups in total. The minimum absolute atomic E-state index is 0.0309. The first-order valence-electron chi connectivity index (χ1n) is 9.16. The van der Waals surface area contributed by atoms with Crippen molar-refractivity contribution in [3.8, 4) is 5.75 Å². The van der Waals surface area contributed by atoms with E-state index in [2.05, 4.69) is 12.0 Å². The summed E-state index contributed by atoms with van der Waals surface area (Å²) in [6.07, 6.45) is 3.61. The Bertz CT molecular complexity index is 873. The molecule has 1 atom stereocenters. The SMILES string of the molecule is CCCn1ncc(C(=O)N2CC[C@]3(CC(=O)c4ccccc4O3)C2)c1C. The summed E-state index contributed by atoms with van der Waals surface area (Å²) >= 11 is 0. The lowest BCUT2D eigenvalue weighted by Gasteiger charge is -2.34. The molecule has 3 heterocycles. The van der Waals surface area contributed by atoms with Gasteiger partial charge in [0.05, 0.1) is 30.3 Å². The van der Waals surface area contributed by atoms with Crippen LogP contribution in [0.3, 0.4) is 0 Å². The summed E-state index contributed by atoms with van der Waals surface area (Å²) in [5, 5.41) is 4.33. The average molecular weight is 353 g/mol. The number of ether oxygens (including phenoxy) is 1. The van der Waals surface area contributed by atoms with E-state index in [0.29, 0.717) is 42.8 Å². The Hall–Kier alpha value is -2.63. The maximum Gasteiger partial charge on any atom is 0.257 e. The van der Waals surface area contributed by atoms with Crippen molar-refractivity contribution < 1.29 is 14.3 Å². The normalized spacial score (nSPS) is 21.8. The third-order valence-electron chi connectivity index (χ3n) is 5.37. The van der Waals surface area contributed by atoms with Crippen molar-refractivity contribution >= 4 is 11.7 Å². The van der Waals surface area contributed by atoms with Gasteiger partial charge in [0.15, 0.2) is 5.78 Å². The highest BCUT2D eigenvalue weighted by molar-refractivity contribution is 6.00. The van der Waals surface area contributed by atoms with Crippen molar-refractivity contribution in [2.24, 2.45) is 0 Å². The topological polar surface area (TPSA) is 64.4 Å². The second kappa shape index (κ2) is 6.27. The highest BCUT2D eigenvalue weighted by Gasteiger charge is 2.47. The Kier molecular flexibility index (Phi) is 4.05. The van der Waals surface area contributed by atoms with E-state index in [0.717, 1.165) is 18.7 Å². The van der Waals surface area contributed by atoms with Crippen molar-refractivity contribution in [1.82, 2.24) is 14.7 Å². The number of likely N-dealkylation sites (tertiary alicyclic amines) is 1. The van der Waals surface area contributed by atoms with Crippen LogP contribution >= 0.6 is 0 Å². The number of nitrogens with zero attached hydrogens (tertiary/aromatic N) is 3. The highest BCUT2D eigenvalue weighted by atomic mass is 16.5. The predicted octanol–water partition coefficient (Wildman–Crippen LogP) is 2.85. The Morgan fingerprint density at radius 3 is 2.96 bits per heavy atom. The number of aryl methyl sites for hydroxylation is 1. The molecule has 1 aromatic heterocycles. The van der Waals surface area contributed by atoms with E-state index in [1.807, 2.05) is 29.8 Å².